The minimum atomic E-state index is -0.514. The number of nitro groups is 1. The van der Waals surface area contributed by atoms with Gasteiger partial charge in [-0.15, -0.1) is 0 Å². The molecule has 0 saturated carbocycles. The molecule has 6 heteroatoms. The van der Waals surface area contributed by atoms with Gasteiger partial charge in [0.15, 0.2) is 0 Å². The van der Waals surface area contributed by atoms with Crippen LogP contribution >= 0.6 is 11.6 Å². The predicted octanol–water partition coefficient (Wildman–Crippen LogP) is 3.70. The number of halogens is 1. The number of benzene rings is 2. The van der Waals surface area contributed by atoms with Gasteiger partial charge in [0.25, 0.3) is 5.69 Å². The molecule has 2 N–H and O–H groups in total. The van der Waals surface area contributed by atoms with Crippen LogP contribution in [0.2, 0.25) is 5.02 Å². The average molecular weight is 307 g/mol. The van der Waals surface area contributed by atoms with Crippen LogP contribution in [-0.4, -0.2) is 16.6 Å². The van der Waals surface area contributed by atoms with Crippen molar-refractivity contribution in [2.75, 3.05) is 11.9 Å². The van der Waals surface area contributed by atoms with Crippen LogP contribution in [0.1, 0.15) is 17.2 Å². The molecule has 0 aromatic heterocycles. The standard InChI is InChI=1S/C15H15ClN2O3/c1-10-7-15(18(20)21)12(16)8-13(10)17-14(9-19)11-5-3-2-4-6-11/h2-8,14,17,19H,9H2,1H3. The highest BCUT2D eigenvalue weighted by Crippen LogP contribution is 2.32. The summed E-state index contributed by atoms with van der Waals surface area (Å²) >= 11 is 5.92. The van der Waals surface area contributed by atoms with Crippen LogP contribution < -0.4 is 5.32 Å². The number of aliphatic hydroxyl groups excluding tert-OH is 1. The molecule has 0 saturated heterocycles. The van der Waals surface area contributed by atoms with Gasteiger partial charge in [-0.25, -0.2) is 0 Å². The predicted molar refractivity (Wildman–Crippen MR) is 82.7 cm³/mol. The maximum atomic E-state index is 10.8. The molecule has 1 unspecified atom stereocenters. The van der Waals surface area contributed by atoms with Gasteiger partial charge in [-0.05, 0) is 24.1 Å². The van der Waals surface area contributed by atoms with Crippen LogP contribution in [0.4, 0.5) is 11.4 Å². The van der Waals surface area contributed by atoms with E-state index in [9.17, 15) is 15.2 Å². The number of aliphatic hydroxyl groups is 1. The van der Waals surface area contributed by atoms with Gasteiger partial charge >= 0.3 is 0 Å². The van der Waals surface area contributed by atoms with E-state index in [1.165, 1.54) is 12.1 Å². The third-order valence-corrected chi connectivity index (χ3v) is 3.51. The average Bonchev–Trinajstić information content (AvgIpc) is 2.48. The molecule has 0 amide bonds. The van der Waals surface area contributed by atoms with Crippen LogP contribution in [0.5, 0.6) is 0 Å². The normalized spacial score (nSPS) is 12.0. The summed E-state index contributed by atoms with van der Waals surface area (Å²) in [6.45, 7) is 1.66. The van der Waals surface area contributed by atoms with Crippen LogP contribution in [0.15, 0.2) is 42.5 Å². The summed E-state index contributed by atoms with van der Waals surface area (Å²) in [5.74, 6) is 0. The lowest BCUT2D eigenvalue weighted by Gasteiger charge is -2.19. The smallest absolute Gasteiger partial charge is 0.288 e. The summed E-state index contributed by atoms with van der Waals surface area (Å²) in [6.07, 6.45) is 0. The molecule has 0 fully saturated rings. The zero-order chi connectivity index (χ0) is 15.4. The summed E-state index contributed by atoms with van der Waals surface area (Å²) in [7, 11) is 0. The Morgan fingerprint density at radius 1 is 1.33 bits per heavy atom. The Labute approximate surface area is 127 Å². The molecule has 2 aromatic rings. The Hall–Kier alpha value is -2.11. The van der Waals surface area contributed by atoms with Crippen molar-refractivity contribution in [3.8, 4) is 0 Å². The number of hydrogen-bond acceptors (Lipinski definition) is 4. The van der Waals surface area contributed by atoms with Gasteiger partial charge in [0.2, 0.25) is 0 Å². The lowest BCUT2D eigenvalue weighted by Crippen LogP contribution is -2.15. The number of nitro benzene ring substituents is 1. The molecule has 0 radical (unpaired) electrons. The third-order valence-electron chi connectivity index (χ3n) is 3.20. The molecule has 2 aromatic carbocycles. The Bertz CT molecular complexity index is 647. The summed E-state index contributed by atoms with van der Waals surface area (Å²) in [5.41, 5.74) is 2.16. The summed E-state index contributed by atoms with van der Waals surface area (Å²) in [6, 6.07) is 12.1. The fourth-order valence-electron chi connectivity index (χ4n) is 2.07. The Kier molecular flexibility index (Phi) is 4.77. The molecule has 0 spiro atoms. The molecule has 0 aliphatic rings. The number of nitrogens with zero attached hydrogens (tertiary/aromatic N) is 1. The van der Waals surface area contributed by atoms with E-state index in [0.717, 1.165) is 5.56 Å². The summed E-state index contributed by atoms with van der Waals surface area (Å²) in [5, 5.41) is 23.6. The van der Waals surface area contributed by atoms with Crippen molar-refractivity contribution < 1.29 is 10.0 Å². The lowest BCUT2D eigenvalue weighted by molar-refractivity contribution is -0.384. The first-order chi connectivity index (χ1) is 10.0. The van der Waals surface area contributed by atoms with Gasteiger partial charge in [-0.2, -0.15) is 0 Å². The number of aryl methyl sites for hydroxylation is 1. The van der Waals surface area contributed by atoms with Gasteiger partial charge < -0.3 is 10.4 Å². The van der Waals surface area contributed by atoms with E-state index in [2.05, 4.69) is 5.32 Å². The van der Waals surface area contributed by atoms with E-state index in [1.54, 1.807) is 6.92 Å². The van der Waals surface area contributed by atoms with E-state index >= 15 is 0 Å². The highest BCUT2D eigenvalue weighted by atomic mass is 35.5. The van der Waals surface area contributed by atoms with Gasteiger partial charge in [0.1, 0.15) is 5.02 Å². The van der Waals surface area contributed by atoms with Gasteiger partial charge in [0, 0.05) is 11.8 Å². The van der Waals surface area contributed by atoms with Gasteiger partial charge in [-0.1, -0.05) is 41.9 Å². The van der Waals surface area contributed by atoms with Crippen molar-refractivity contribution in [3.05, 3.63) is 68.7 Å². The lowest BCUT2D eigenvalue weighted by atomic mass is 10.1. The molecular weight excluding hydrogens is 292 g/mol. The third kappa shape index (κ3) is 3.51. The van der Waals surface area contributed by atoms with Crippen molar-refractivity contribution in [2.45, 2.75) is 13.0 Å². The zero-order valence-electron chi connectivity index (χ0n) is 11.4. The minimum Gasteiger partial charge on any atom is -0.394 e. The molecule has 5 nitrogen and oxygen atoms in total. The summed E-state index contributed by atoms with van der Waals surface area (Å²) in [4.78, 5) is 10.3. The zero-order valence-corrected chi connectivity index (χ0v) is 12.2. The van der Waals surface area contributed by atoms with Gasteiger partial charge in [0.05, 0.1) is 17.6 Å². The van der Waals surface area contributed by atoms with Crippen LogP contribution in [-0.2, 0) is 0 Å². The first-order valence-electron chi connectivity index (χ1n) is 6.39. The largest absolute Gasteiger partial charge is 0.394 e. The Morgan fingerprint density at radius 2 is 2.00 bits per heavy atom. The maximum Gasteiger partial charge on any atom is 0.288 e. The van der Waals surface area contributed by atoms with E-state index < -0.39 is 4.92 Å². The van der Waals surface area contributed by atoms with Crippen molar-refractivity contribution in [2.24, 2.45) is 0 Å². The Morgan fingerprint density at radius 3 is 2.57 bits per heavy atom. The Balaban J connectivity index is 2.30. The monoisotopic (exact) mass is 306 g/mol. The number of anilines is 1. The van der Waals surface area contributed by atoms with Crippen LogP contribution in [0, 0.1) is 17.0 Å². The molecule has 110 valence electrons. The molecule has 0 heterocycles. The highest BCUT2D eigenvalue weighted by Gasteiger charge is 2.17. The quantitative estimate of drug-likeness (QED) is 0.652. The van der Waals surface area contributed by atoms with Crippen molar-refractivity contribution >= 4 is 23.0 Å². The molecule has 0 aliphatic heterocycles. The fourth-order valence-corrected chi connectivity index (χ4v) is 2.30. The van der Waals surface area contributed by atoms with Crippen molar-refractivity contribution in [1.29, 1.82) is 0 Å². The van der Waals surface area contributed by atoms with Crippen LogP contribution in [0.3, 0.4) is 0 Å². The van der Waals surface area contributed by atoms with E-state index in [0.29, 0.717) is 11.3 Å². The minimum absolute atomic E-state index is 0.0675. The highest BCUT2D eigenvalue weighted by molar-refractivity contribution is 6.33. The second-order valence-electron chi connectivity index (χ2n) is 4.67. The van der Waals surface area contributed by atoms with Crippen LogP contribution in [0.25, 0.3) is 0 Å². The van der Waals surface area contributed by atoms with Crippen molar-refractivity contribution in [3.63, 3.8) is 0 Å². The number of nitrogens with one attached hydrogen (secondary N) is 1. The van der Waals surface area contributed by atoms with E-state index in [-0.39, 0.29) is 23.4 Å². The molecule has 2 rings (SSSR count). The van der Waals surface area contributed by atoms with Crippen molar-refractivity contribution in [1.82, 2.24) is 0 Å². The van der Waals surface area contributed by atoms with E-state index in [1.807, 2.05) is 30.3 Å². The topological polar surface area (TPSA) is 75.4 Å². The second-order valence-corrected chi connectivity index (χ2v) is 5.07. The number of rotatable bonds is 5. The first kappa shape index (κ1) is 15.3. The molecular formula is C15H15ClN2O3. The fraction of sp³-hybridized carbons (Fsp3) is 0.200. The van der Waals surface area contributed by atoms with Gasteiger partial charge in [-0.3, -0.25) is 10.1 Å². The second kappa shape index (κ2) is 6.56. The molecule has 1 atom stereocenters. The molecule has 21 heavy (non-hydrogen) atoms. The maximum absolute atomic E-state index is 10.8. The molecule has 0 bridgehead atoms. The van der Waals surface area contributed by atoms with E-state index in [4.69, 9.17) is 11.6 Å². The number of hydrogen-bond donors (Lipinski definition) is 2. The SMILES string of the molecule is Cc1cc([N+](=O)[O-])c(Cl)cc1NC(CO)c1ccccc1. The summed E-state index contributed by atoms with van der Waals surface area (Å²) < 4.78 is 0. The molecule has 0 aliphatic carbocycles. The first-order valence-corrected chi connectivity index (χ1v) is 6.77.